The predicted molar refractivity (Wildman–Crippen MR) is 122 cm³/mol. The maximum Gasteiger partial charge on any atom is 0.270 e. The second-order valence-corrected chi connectivity index (χ2v) is 10.1. The van der Waals surface area contributed by atoms with E-state index in [1.807, 2.05) is 12.1 Å². The van der Waals surface area contributed by atoms with Gasteiger partial charge in [0.05, 0.1) is 18.2 Å². The number of hydrogen-bond acceptors (Lipinski definition) is 6. The minimum absolute atomic E-state index is 0.103. The van der Waals surface area contributed by atoms with E-state index in [0.29, 0.717) is 17.5 Å². The van der Waals surface area contributed by atoms with Crippen LogP contribution in [0.4, 0.5) is 0 Å². The molecule has 2 aromatic heterocycles. The van der Waals surface area contributed by atoms with Crippen LogP contribution in [0.15, 0.2) is 37.1 Å². The van der Waals surface area contributed by atoms with Crippen molar-refractivity contribution in [3.05, 3.63) is 42.7 Å². The molecule has 2 aliphatic heterocycles. The van der Waals surface area contributed by atoms with Crippen molar-refractivity contribution < 1.29 is 9.59 Å². The van der Waals surface area contributed by atoms with Crippen molar-refractivity contribution in [2.24, 2.45) is 5.92 Å². The summed E-state index contributed by atoms with van der Waals surface area (Å²) in [5.41, 5.74) is 1.13. The van der Waals surface area contributed by atoms with Gasteiger partial charge in [0.25, 0.3) is 5.91 Å². The van der Waals surface area contributed by atoms with Crippen molar-refractivity contribution in [3.63, 3.8) is 0 Å². The number of aromatic nitrogens is 3. The number of likely N-dealkylation sites (tertiary alicyclic amines) is 1. The minimum atomic E-state index is -0.248. The summed E-state index contributed by atoms with van der Waals surface area (Å²) in [6.45, 7) is 4.78. The number of nitrogens with one attached hydrogen (secondary N) is 1. The second-order valence-electron chi connectivity index (χ2n) is 10.1. The van der Waals surface area contributed by atoms with Crippen LogP contribution in [-0.4, -0.2) is 98.4 Å². The van der Waals surface area contributed by atoms with Gasteiger partial charge in [-0.2, -0.15) is 0 Å². The molecule has 4 heterocycles. The Hall–Kier alpha value is -2.78. The molecule has 0 unspecified atom stereocenters. The van der Waals surface area contributed by atoms with Gasteiger partial charge in [-0.3, -0.25) is 24.0 Å². The van der Waals surface area contributed by atoms with Gasteiger partial charge in [-0.05, 0) is 50.8 Å². The van der Waals surface area contributed by atoms with Crippen molar-refractivity contribution in [1.82, 2.24) is 34.6 Å². The molecule has 9 nitrogen and oxygen atoms in total. The molecule has 2 saturated carbocycles. The highest BCUT2D eigenvalue weighted by atomic mass is 16.2. The van der Waals surface area contributed by atoms with Crippen LogP contribution in [0.2, 0.25) is 0 Å². The van der Waals surface area contributed by atoms with E-state index in [-0.39, 0.29) is 23.5 Å². The number of carbonyl (C=O) groups is 2. The summed E-state index contributed by atoms with van der Waals surface area (Å²) < 4.78 is 1.78. The number of rotatable bonds is 5. The van der Waals surface area contributed by atoms with Crippen LogP contribution < -0.4 is 5.32 Å². The van der Waals surface area contributed by atoms with Crippen LogP contribution in [0.3, 0.4) is 0 Å². The molecule has 2 bridgehead atoms. The number of piperidine rings is 1. The Morgan fingerprint density at radius 1 is 1.06 bits per heavy atom. The molecule has 6 rings (SSSR count). The summed E-state index contributed by atoms with van der Waals surface area (Å²) >= 11 is 0. The molecule has 2 saturated heterocycles. The molecule has 0 radical (unpaired) electrons. The first-order valence-corrected chi connectivity index (χ1v) is 12.0. The summed E-state index contributed by atoms with van der Waals surface area (Å²) in [5.74, 6) is 0.541. The number of piperazine rings is 1. The van der Waals surface area contributed by atoms with Crippen molar-refractivity contribution in [2.45, 2.75) is 43.3 Å². The molecule has 2 aliphatic carbocycles. The topological polar surface area (TPSA) is 86.6 Å². The fraction of sp³-hybridized carbons (Fsp3) is 0.583. The summed E-state index contributed by atoms with van der Waals surface area (Å²) in [5, 5.41) is 3.24. The maximum atomic E-state index is 13.6. The number of hydrogen-bond donors (Lipinski definition) is 1. The molecule has 0 spiro atoms. The molecular formula is C24H31N7O2. The fourth-order valence-electron chi connectivity index (χ4n) is 6.08. The molecule has 3 atom stereocenters. The van der Waals surface area contributed by atoms with Gasteiger partial charge in [-0.25, -0.2) is 4.98 Å². The molecule has 4 fully saturated rings. The Labute approximate surface area is 193 Å². The van der Waals surface area contributed by atoms with Crippen molar-refractivity contribution >= 4 is 11.8 Å². The van der Waals surface area contributed by atoms with Gasteiger partial charge in [-0.1, -0.05) is 0 Å². The minimum Gasteiger partial charge on any atom is -0.348 e. The quantitative estimate of drug-likeness (QED) is 0.726. The highest BCUT2D eigenvalue weighted by molar-refractivity contribution is 5.93. The third-order valence-corrected chi connectivity index (χ3v) is 8.16. The van der Waals surface area contributed by atoms with Crippen molar-refractivity contribution in [3.8, 4) is 5.69 Å². The first-order chi connectivity index (χ1) is 16.0. The zero-order chi connectivity index (χ0) is 22.6. The van der Waals surface area contributed by atoms with Gasteiger partial charge in [0.15, 0.2) is 0 Å². The lowest BCUT2D eigenvalue weighted by Crippen LogP contribution is -2.58. The van der Waals surface area contributed by atoms with Crippen LogP contribution in [0, 0.1) is 5.92 Å². The number of amides is 2. The van der Waals surface area contributed by atoms with Crippen LogP contribution in [0.5, 0.6) is 0 Å². The average molecular weight is 450 g/mol. The lowest BCUT2D eigenvalue weighted by molar-refractivity contribution is -0.141. The Kier molecular flexibility index (Phi) is 4.99. The molecule has 2 amide bonds. The highest BCUT2D eigenvalue weighted by Gasteiger charge is 2.59. The zero-order valence-electron chi connectivity index (χ0n) is 19.1. The molecule has 2 aromatic rings. The van der Waals surface area contributed by atoms with E-state index in [1.54, 1.807) is 29.5 Å². The molecule has 33 heavy (non-hydrogen) atoms. The standard InChI is InChI=1S/C24H31N7O2/c1-28-8-10-29(11-9-28)24(4-5-24)23(33)30-15-17-12-19(30)13-20(17)27-22(32)21-14-26-16-31(21)18-2-6-25-7-3-18/h2-3,6-7,14,16-17,19-20H,4-5,8-13,15H2,1H3,(H,27,32)/t17-,19-,20+/m1/s1. The SMILES string of the molecule is CN1CCN(C2(C(=O)N3C[C@H]4C[C@@H]3C[C@@H]4NC(=O)c3cncn3-c3ccncc3)CC2)CC1. The lowest BCUT2D eigenvalue weighted by Gasteiger charge is -2.41. The van der Waals surface area contributed by atoms with E-state index in [9.17, 15) is 9.59 Å². The summed E-state index contributed by atoms with van der Waals surface area (Å²) in [6, 6.07) is 4.05. The monoisotopic (exact) mass is 449 g/mol. The lowest BCUT2D eigenvalue weighted by atomic mass is 10.0. The molecule has 0 aromatic carbocycles. The summed E-state index contributed by atoms with van der Waals surface area (Å²) in [7, 11) is 2.15. The van der Waals surface area contributed by atoms with Gasteiger partial charge in [0.2, 0.25) is 5.91 Å². The number of likely N-dealkylation sites (N-methyl/N-ethyl adjacent to an activating group) is 1. The third kappa shape index (κ3) is 3.54. The predicted octanol–water partition coefficient (Wildman–Crippen LogP) is 0.767. The smallest absolute Gasteiger partial charge is 0.270 e. The normalized spacial score (nSPS) is 28.8. The van der Waals surface area contributed by atoms with Crippen molar-refractivity contribution in [2.75, 3.05) is 39.8 Å². The Balaban J connectivity index is 1.10. The van der Waals surface area contributed by atoms with Crippen LogP contribution in [0.25, 0.3) is 5.69 Å². The van der Waals surface area contributed by atoms with Crippen molar-refractivity contribution in [1.29, 1.82) is 0 Å². The molecular weight excluding hydrogens is 418 g/mol. The first-order valence-electron chi connectivity index (χ1n) is 12.0. The van der Waals surface area contributed by atoms with E-state index >= 15 is 0 Å². The van der Waals surface area contributed by atoms with Gasteiger partial charge >= 0.3 is 0 Å². The van der Waals surface area contributed by atoms with E-state index in [1.165, 1.54) is 0 Å². The average Bonchev–Trinajstić information content (AvgIpc) is 3.16. The summed E-state index contributed by atoms with van der Waals surface area (Å²) in [4.78, 5) is 41.8. The van der Waals surface area contributed by atoms with Gasteiger partial charge < -0.3 is 15.1 Å². The first kappa shape index (κ1) is 20.8. The molecule has 174 valence electrons. The van der Waals surface area contributed by atoms with E-state index < -0.39 is 0 Å². The molecule has 4 aliphatic rings. The fourth-order valence-corrected chi connectivity index (χ4v) is 6.08. The van der Waals surface area contributed by atoms with E-state index in [0.717, 1.165) is 64.1 Å². The number of nitrogens with zero attached hydrogens (tertiary/aromatic N) is 6. The second kappa shape index (κ2) is 7.92. The van der Waals surface area contributed by atoms with Gasteiger partial charge in [0.1, 0.15) is 11.2 Å². The number of carbonyl (C=O) groups excluding carboxylic acids is 2. The molecule has 1 N–H and O–H groups in total. The van der Waals surface area contributed by atoms with Crippen LogP contribution in [-0.2, 0) is 4.79 Å². The summed E-state index contributed by atoms with van der Waals surface area (Å²) in [6.07, 6.45) is 10.5. The Bertz CT molecular complexity index is 1040. The maximum absolute atomic E-state index is 13.6. The number of imidazole rings is 1. The highest BCUT2D eigenvalue weighted by Crippen LogP contribution is 2.47. The molecule has 9 heteroatoms. The van der Waals surface area contributed by atoms with Gasteiger partial charge in [0, 0.05) is 57.2 Å². The van der Waals surface area contributed by atoms with E-state index in [4.69, 9.17) is 0 Å². The Morgan fingerprint density at radius 2 is 1.82 bits per heavy atom. The third-order valence-electron chi connectivity index (χ3n) is 8.16. The number of pyridine rings is 1. The van der Waals surface area contributed by atoms with Crippen LogP contribution in [0.1, 0.15) is 36.2 Å². The number of fused-ring (bicyclic) bond motifs is 2. The Morgan fingerprint density at radius 3 is 2.48 bits per heavy atom. The van der Waals surface area contributed by atoms with Crippen LogP contribution >= 0.6 is 0 Å². The largest absolute Gasteiger partial charge is 0.348 e. The van der Waals surface area contributed by atoms with E-state index in [2.05, 4.69) is 37.0 Å². The van der Waals surface area contributed by atoms with Gasteiger partial charge in [-0.15, -0.1) is 0 Å². The zero-order valence-corrected chi connectivity index (χ0v) is 19.1.